The van der Waals surface area contributed by atoms with E-state index in [0.717, 1.165) is 11.8 Å². The second-order valence-electron chi connectivity index (χ2n) is 24.0. The molecule has 14 rings (SSSR count). The fraction of sp³-hybridized carbons (Fsp3) is 0.359. The quantitative estimate of drug-likeness (QED) is 0.0704. The maximum absolute atomic E-state index is 15.1. The smallest absolute Gasteiger partial charge is 0.360 e. The van der Waals surface area contributed by atoms with Gasteiger partial charge < -0.3 is 68.7 Å². The van der Waals surface area contributed by atoms with Crippen LogP contribution in [-0.4, -0.2) is 93.4 Å². The van der Waals surface area contributed by atoms with E-state index in [0.29, 0.717) is 50.7 Å². The highest BCUT2D eigenvalue weighted by atomic mass is 19.1. The normalized spacial score (nSPS) is 23.4. The van der Waals surface area contributed by atoms with Gasteiger partial charge in [-0.15, -0.1) is 0 Å². The fourth-order valence-electron chi connectivity index (χ4n) is 12.8. The van der Waals surface area contributed by atoms with Crippen molar-refractivity contribution in [1.82, 2.24) is 30.6 Å². The lowest BCUT2D eigenvalue weighted by molar-refractivity contribution is -0.135. The van der Waals surface area contributed by atoms with Crippen LogP contribution in [0.25, 0.3) is 23.2 Å². The molecule has 0 fully saturated rings. The van der Waals surface area contributed by atoms with Crippen molar-refractivity contribution in [3.05, 3.63) is 165 Å². The molecule has 6 aliphatic heterocycles. The van der Waals surface area contributed by atoms with Gasteiger partial charge in [-0.25, -0.2) is 38.3 Å². The Morgan fingerprint density at radius 2 is 1.09 bits per heavy atom. The van der Waals surface area contributed by atoms with Gasteiger partial charge >= 0.3 is 11.9 Å². The van der Waals surface area contributed by atoms with Gasteiger partial charge in [0.25, 0.3) is 0 Å². The van der Waals surface area contributed by atoms with Crippen molar-refractivity contribution in [3.63, 3.8) is 0 Å². The minimum Gasteiger partial charge on any atom is -0.469 e. The summed E-state index contributed by atoms with van der Waals surface area (Å²) >= 11 is 0. The molecule has 7 N–H and O–H groups in total. The number of ether oxygens (including phenoxy) is 4. The van der Waals surface area contributed by atoms with E-state index in [2.05, 4.69) is 31.2 Å². The number of hydrogen-bond acceptors (Lipinski definition) is 21. The summed E-state index contributed by atoms with van der Waals surface area (Å²) in [5, 5.41) is 23.3. The molecule has 0 aliphatic carbocycles. The lowest BCUT2D eigenvalue weighted by Gasteiger charge is -2.28. The van der Waals surface area contributed by atoms with E-state index in [1.54, 1.807) is 38.1 Å². The van der Waals surface area contributed by atoms with Crippen LogP contribution in [-0.2, 0) is 47.5 Å². The Bertz CT molecular complexity index is 4210. The molecular formula is C64H61F2N9O14. The summed E-state index contributed by atoms with van der Waals surface area (Å²) in [4.78, 5) is 83.2. The van der Waals surface area contributed by atoms with E-state index >= 15 is 4.39 Å². The Morgan fingerprint density at radius 1 is 0.629 bits per heavy atom. The number of amides is 2. The van der Waals surface area contributed by atoms with Crippen LogP contribution >= 0.6 is 0 Å². The van der Waals surface area contributed by atoms with Gasteiger partial charge in [0.05, 0.1) is 20.3 Å². The SMILES string of the molecule is COC(=O)c1coc(-c2nc3oc2[C@@]24c5cc(F)ccc5N[C@@H]2Oc2ccc(cc24)CC(CC(=O)[C@@H](O)C(C)C)C(=O)N[C@H]3C(C)C)n1.COC(=O)c1coc(-c2nc3oc2[C@@]24c5cc(F)ccc5N[C@@H]2Oc2ccc(cc24)CC(N)C(=O)N[C@H]3C(C)C)n1. The van der Waals surface area contributed by atoms with Crippen LogP contribution in [0.15, 0.2) is 103 Å². The summed E-state index contributed by atoms with van der Waals surface area (Å²) in [5.41, 5.74) is 9.03. The average molecular weight is 1220 g/mol. The van der Waals surface area contributed by atoms with Crippen molar-refractivity contribution < 1.29 is 74.5 Å². The van der Waals surface area contributed by atoms with Crippen molar-refractivity contribution in [2.75, 3.05) is 24.9 Å². The molecule has 9 atom stereocenters. The summed E-state index contributed by atoms with van der Waals surface area (Å²) < 4.78 is 77.4. The third-order valence-electron chi connectivity index (χ3n) is 17.3. The predicted octanol–water partition coefficient (Wildman–Crippen LogP) is 8.13. The lowest BCUT2D eigenvalue weighted by atomic mass is 9.72. The number of halogens is 2. The van der Waals surface area contributed by atoms with Crippen LogP contribution in [0.5, 0.6) is 11.5 Å². The number of carbonyl (C=O) groups is 5. The van der Waals surface area contributed by atoms with Crippen LogP contribution in [0.1, 0.15) is 138 Å². The Labute approximate surface area is 506 Å². The molecule has 4 aromatic carbocycles. The van der Waals surface area contributed by atoms with E-state index in [4.69, 9.17) is 52.3 Å². The molecule has 2 unspecified atom stereocenters. The zero-order valence-electron chi connectivity index (χ0n) is 49.4. The fourth-order valence-corrected chi connectivity index (χ4v) is 12.8. The summed E-state index contributed by atoms with van der Waals surface area (Å²) in [6, 6.07) is 17.5. The van der Waals surface area contributed by atoms with Crippen LogP contribution in [0.2, 0.25) is 0 Å². The first-order chi connectivity index (χ1) is 42.6. The number of ketones is 1. The molecule has 23 nitrogen and oxygen atoms in total. The number of nitrogens with zero attached hydrogens (tertiary/aromatic N) is 4. The molecule has 460 valence electrons. The maximum Gasteiger partial charge on any atom is 0.360 e. The van der Waals surface area contributed by atoms with Crippen LogP contribution in [0.3, 0.4) is 0 Å². The van der Waals surface area contributed by atoms with Gasteiger partial charge in [0.2, 0.25) is 35.4 Å². The summed E-state index contributed by atoms with van der Waals surface area (Å²) in [5.74, 6) is -3.42. The van der Waals surface area contributed by atoms with E-state index in [-0.39, 0.29) is 101 Å². The standard InChI is InChI=1S/C35H35FN4O8.C29H26FN5O6/c1-15(2)26-32-40-27(31-37-23(14-46-31)33(44)45-5)29(48-32)35-20-13-19(36)7-8-22(20)38-34(35)47-25-9-6-17(11-21(25)35)10-18(30(43)39-26)12-24(41)28(42)16(3)4;1-12(2)21-26-35-22(25-32-19(11-39-25)27(37)38-3)23(41-26)29-15-10-14(30)5-6-18(15)33-28(29)40-20-7-4-13(8-16(20)29)9-17(31)24(36)34-21/h6-9,11,13-16,18,26,28,34,38,42H,10,12H2,1-5H3,(H,39,43);4-8,10-12,17,21,28,33H,9,31H2,1-3H3,(H,34,36)/t18?,26-,28-,34+,35-;17?,21-,28+,29-/m00/s1. The number of rotatable bonds is 10. The van der Waals surface area contributed by atoms with Gasteiger partial charge in [-0.1, -0.05) is 65.8 Å². The number of methoxy groups -OCH3 is 2. The second kappa shape index (κ2) is 21.8. The number of fused-ring (bicyclic) bond motifs is 8. The minimum atomic E-state index is -1.33. The Hall–Kier alpha value is -9.75. The number of nitrogens with two attached hydrogens (primary N) is 1. The molecule has 6 aliphatic rings. The molecule has 4 aromatic heterocycles. The van der Waals surface area contributed by atoms with Crippen molar-refractivity contribution >= 4 is 40.9 Å². The highest BCUT2D eigenvalue weighted by Gasteiger charge is 2.63. The first-order valence-corrected chi connectivity index (χ1v) is 29.0. The van der Waals surface area contributed by atoms with Gasteiger partial charge in [-0.2, -0.15) is 0 Å². The van der Waals surface area contributed by atoms with Gasteiger partial charge in [0.15, 0.2) is 52.5 Å². The van der Waals surface area contributed by atoms with Gasteiger partial charge in [0, 0.05) is 46.0 Å². The number of Topliss-reactive ketones (excluding diaryl/α,β-unsaturated/α-hetero) is 1. The number of aromatic nitrogens is 4. The van der Waals surface area contributed by atoms with Gasteiger partial charge in [0.1, 0.15) is 64.7 Å². The first-order valence-electron chi connectivity index (χ1n) is 29.0. The Kier molecular flexibility index (Phi) is 14.3. The van der Waals surface area contributed by atoms with Crippen molar-refractivity contribution in [2.45, 2.75) is 108 Å². The van der Waals surface area contributed by atoms with Crippen LogP contribution < -0.4 is 36.5 Å². The summed E-state index contributed by atoms with van der Waals surface area (Å²) in [6.07, 6.45) is -0.230. The molecular weight excluding hydrogens is 1160 g/mol. The molecule has 0 saturated heterocycles. The number of aliphatic hydroxyl groups excluding tert-OH is 1. The first kappa shape index (κ1) is 58.3. The van der Waals surface area contributed by atoms with Crippen LogP contribution in [0, 0.1) is 35.3 Å². The number of oxazole rings is 4. The zero-order chi connectivity index (χ0) is 62.7. The van der Waals surface area contributed by atoms with Crippen molar-refractivity contribution in [2.24, 2.45) is 29.4 Å². The van der Waals surface area contributed by atoms with Gasteiger partial charge in [-0.3, -0.25) is 14.4 Å². The van der Waals surface area contributed by atoms with E-state index in [1.165, 1.54) is 44.7 Å². The number of esters is 2. The molecule has 0 radical (unpaired) electrons. The zero-order valence-corrected chi connectivity index (χ0v) is 49.4. The number of anilines is 2. The molecule has 8 bridgehead atoms. The van der Waals surface area contributed by atoms with Gasteiger partial charge in [-0.05, 0) is 90.3 Å². The second-order valence-corrected chi connectivity index (χ2v) is 24.0. The summed E-state index contributed by atoms with van der Waals surface area (Å²) in [6.45, 7) is 11.1. The largest absolute Gasteiger partial charge is 0.469 e. The number of nitrogens with one attached hydrogen (secondary N) is 4. The maximum atomic E-state index is 15.1. The lowest BCUT2D eigenvalue weighted by Crippen LogP contribution is -2.45. The average Bonchev–Trinajstić information content (AvgIpc) is 1.54. The Balaban J connectivity index is 0.000000166. The van der Waals surface area contributed by atoms with Crippen molar-refractivity contribution in [1.29, 1.82) is 0 Å². The molecule has 10 heterocycles. The number of aliphatic hydroxyl groups is 1. The molecule has 89 heavy (non-hydrogen) atoms. The molecule has 2 amide bonds. The summed E-state index contributed by atoms with van der Waals surface area (Å²) in [7, 11) is 2.46. The number of hydrogen-bond donors (Lipinski definition) is 6. The highest BCUT2D eigenvalue weighted by molar-refractivity contribution is 5.90. The molecule has 0 saturated carbocycles. The monoisotopic (exact) mass is 1220 g/mol. The van der Waals surface area contributed by atoms with E-state index in [9.17, 15) is 33.5 Å². The van der Waals surface area contributed by atoms with E-state index in [1.807, 2.05) is 52.0 Å². The number of benzene rings is 4. The minimum absolute atomic E-state index is 0.0154. The third-order valence-corrected chi connectivity index (χ3v) is 17.3. The third kappa shape index (κ3) is 9.38. The topological polar surface area (TPSA) is 321 Å². The highest BCUT2D eigenvalue weighted by Crippen LogP contribution is 2.61. The van der Waals surface area contributed by atoms with Crippen molar-refractivity contribution in [3.8, 4) is 34.7 Å². The Morgan fingerprint density at radius 3 is 1.54 bits per heavy atom. The molecule has 2 spiro atoms. The molecule has 8 aromatic rings. The molecule has 25 heteroatoms. The predicted molar refractivity (Wildman–Crippen MR) is 309 cm³/mol. The van der Waals surface area contributed by atoms with E-state index < -0.39 is 88.7 Å². The number of carbonyl (C=O) groups excluding carboxylic acids is 5. The van der Waals surface area contributed by atoms with Crippen LogP contribution in [0.4, 0.5) is 20.2 Å².